The van der Waals surface area contributed by atoms with Gasteiger partial charge < -0.3 is 14.9 Å². The zero-order valence-corrected chi connectivity index (χ0v) is 10.0. The van der Waals surface area contributed by atoms with E-state index in [9.17, 15) is 0 Å². The fraction of sp³-hybridized carbons (Fsp3) is 0.429. The Hall–Kier alpha value is -1.48. The number of fused-ring (bicyclic) bond motifs is 1. The largest absolute Gasteiger partial charge is 0.494 e. The number of nitrogens with two attached hydrogens (primary N) is 1. The topological polar surface area (TPSA) is 48.4 Å². The van der Waals surface area contributed by atoms with E-state index in [2.05, 4.69) is 6.07 Å². The lowest BCUT2D eigenvalue weighted by Gasteiger charge is -2.02. The van der Waals surface area contributed by atoms with Gasteiger partial charge in [0.1, 0.15) is 17.1 Å². The van der Waals surface area contributed by atoms with Crippen LogP contribution in [-0.2, 0) is 6.54 Å². The molecular formula is C14H17NO2. The van der Waals surface area contributed by atoms with E-state index >= 15 is 0 Å². The van der Waals surface area contributed by atoms with Crippen LogP contribution in [0, 0.1) is 0 Å². The summed E-state index contributed by atoms with van der Waals surface area (Å²) in [6, 6.07) is 6.01. The lowest BCUT2D eigenvalue weighted by molar-refractivity contribution is 0.340. The molecule has 1 aliphatic rings. The van der Waals surface area contributed by atoms with Gasteiger partial charge in [0.2, 0.25) is 0 Å². The molecule has 0 atom stereocenters. The Balaban J connectivity index is 2.14. The molecule has 0 bridgehead atoms. The zero-order chi connectivity index (χ0) is 11.8. The summed E-state index contributed by atoms with van der Waals surface area (Å²) in [6.07, 6.45) is 2.50. The van der Waals surface area contributed by atoms with Crippen molar-refractivity contribution in [3.63, 3.8) is 0 Å². The van der Waals surface area contributed by atoms with E-state index in [0.29, 0.717) is 19.1 Å². The fourth-order valence-corrected chi connectivity index (χ4v) is 2.37. The maximum absolute atomic E-state index is 5.80. The average molecular weight is 231 g/mol. The Kier molecular flexibility index (Phi) is 2.56. The van der Waals surface area contributed by atoms with Gasteiger partial charge in [0.25, 0.3) is 0 Å². The van der Waals surface area contributed by atoms with E-state index in [4.69, 9.17) is 14.9 Å². The molecule has 1 heterocycles. The van der Waals surface area contributed by atoms with Gasteiger partial charge in [0.05, 0.1) is 13.2 Å². The van der Waals surface area contributed by atoms with Crippen molar-refractivity contribution in [3.8, 4) is 5.75 Å². The first-order valence-electron chi connectivity index (χ1n) is 6.21. The summed E-state index contributed by atoms with van der Waals surface area (Å²) in [4.78, 5) is 0. The van der Waals surface area contributed by atoms with Crippen LogP contribution in [0.3, 0.4) is 0 Å². The van der Waals surface area contributed by atoms with E-state index in [-0.39, 0.29) is 0 Å². The van der Waals surface area contributed by atoms with Crippen LogP contribution in [-0.4, -0.2) is 6.61 Å². The van der Waals surface area contributed by atoms with Gasteiger partial charge in [0.15, 0.2) is 0 Å². The SMILES string of the molecule is CCOc1ccc2oc(CN)c(C3CC3)c2c1. The molecule has 0 aliphatic heterocycles. The van der Waals surface area contributed by atoms with Crippen molar-refractivity contribution in [3.05, 3.63) is 29.5 Å². The minimum Gasteiger partial charge on any atom is -0.494 e. The summed E-state index contributed by atoms with van der Waals surface area (Å²) in [5.74, 6) is 2.49. The van der Waals surface area contributed by atoms with E-state index in [0.717, 1.165) is 17.1 Å². The standard InChI is InChI=1S/C14H17NO2/c1-2-16-10-5-6-12-11(7-10)14(9-3-4-9)13(8-15)17-12/h5-7,9H,2-4,8,15H2,1H3. The summed E-state index contributed by atoms with van der Waals surface area (Å²) < 4.78 is 11.3. The van der Waals surface area contributed by atoms with E-state index in [1.54, 1.807) is 0 Å². The predicted octanol–water partition coefficient (Wildman–Crippen LogP) is 3.17. The zero-order valence-electron chi connectivity index (χ0n) is 10.0. The molecule has 2 N–H and O–H groups in total. The summed E-state index contributed by atoms with van der Waals surface area (Å²) in [7, 11) is 0. The van der Waals surface area contributed by atoms with Crippen molar-refractivity contribution in [2.45, 2.75) is 32.2 Å². The molecule has 2 aromatic rings. The molecule has 0 saturated heterocycles. The van der Waals surface area contributed by atoms with Crippen LogP contribution in [0.5, 0.6) is 5.75 Å². The first kappa shape index (κ1) is 10.7. The molecule has 1 aliphatic carbocycles. The van der Waals surface area contributed by atoms with Crippen molar-refractivity contribution in [1.29, 1.82) is 0 Å². The maximum atomic E-state index is 5.80. The van der Waals surface area contributed by atoms with Gasteiger partial charge in [-0.15, -0.1) is 0 Å². The van der Waals surface area contributed by atoms with Crippen LogP contribution in [0.2, 0.25) is 0 Å². The highest BCUT2D eigenvalue weighted by Crippen LogP contribution is 2.46. The number of hydrogen-bond acceptors (Lipinski definition) is 3. The molecule has 1 aromatic heterocycles. The van der Waals surface area contributed by atoms with Gasteiger partial charge in [-0.2, -0.15) is 0 Å². The second kappa shape index (κ2) is 4.08. The second-order valence-corrected chi connectivity index (χ2v) is 4.51. The van der Waals surface area contributed by atoms with E-state index in [1.807, 2.05) is 19.1 Å². The Morgan fingerprint density at radius 2 is 2.24 bits per heavy atom. The third-order valence-corrected chi connectivity index (χ3v) is 3.26. The second-order valence-electron chi connectivity index (χ2n) is 4.51. The molecule has 0 amide bonds. The predicted molar refractivity (Wildman–Crippen MR) is 67.2 cm³/mol. The smallest absolute Gasteiger partial charge is 0.134 e. The lowest BCUT2D eigenvalue weighted by atomic mass is 10.1. The molecule has 3 rings (SSSR count). The van der Waals surface area contributed by atoms with Gasteiger partial charge in [-0.05, 0) is 43.9 Å². The van der Waals surface area contributed by atoms with E-state index in [1.165, 1.54) is 23.8 Å². The molecule has 1 fully saturated rings. The van der Waals surface area contributed by atoms with Crippen LogP contribution in [0.25, 0.3) is 11.0 Å². The van der Waals surface area contributed by atoms with Crippen molar-refractivity contribution in [2.24, 2.45) is 5.73 Å². The van der Waals surface area contributed by atoms with Crippen LogP contribution in [0.1, 0.15) is 37.0 Å². The van der Waals surface area contributed by atoms with Gasteiger partial charge in [-0.1, -0.05) is 0 Å². The number of benzene rings is 1. The lowest BCUT2D eigenvalue weighted by Crippen LogP contribution is -1.97. The van der Waals surface area contributed by atoms with Gasteiger partial charge in [0, 0.05) is 10.9 Å². The third kappa shape index (κ3) is 1.80. The van der Waals surface area contributed by atoms with Crippen molar-refractivity contribution >= 4 is 11.0 Å². The Bertz CT molecular complexity index is 540. The first-order chi connectivity index (χ1) is 8.33. The summed E-state index contributed by atoms with van der Waals surface area (Å²) in [5.41, 5.74) is 7.99. The first-order valence-corrected chi connectivity index (χ1v) is 6.21. The molecule has 1 saturated carbocycles. The molecule has 0 radical (unpaired) electrons. The highest BCUT2D eigenvalue weighted by molar-refractivity contribution is 5.84. The number of ether oxygens (including phenoxy) is 1. The van der Waals surface area contributed by atoms with Crippen LogP contribution < -0.4 is 10.5 Å². The molecule has 17 heavy (non-hydrogen) atoms. The molecule has 1 aromatic carbocycles. The Morgan fingerprint density at radius 3 is 2.88 bits per heavy atom. The number of furan rings is 1. The summed E-state index contributed by atoms with van der Waals surface area (Å²) in [6.45, 7) is 3.16. The van der Waals surface area contributed by atoms with Crippen molar-refractivity contribution in [2.75, 3.05) is 6.61 Å². The van der Waals surface area contributed by atoms with Gasteiger partial charge in [-0.3, -0.25) is 0 Å². The third-order valence-electron chi connectivity index (χ3n) is 3.26. The highest BCUT2D eigenvalue weighted by Gasteiger charge is 2.30. The minimum absolute atomic E-state index is 0.477. The molecule has 3 nitrogen and oxygen atoms in total. The number of hydrogen-bond donors (Lipinski definition) is 1. The normalized spacial score (nSPS) is 15.4. The Morgan fingerprint density at radius 1 is 1.41 bits per heavy atom. The number of rotatable bonds is 4. The summed E-state index contributed by atoms with van der Waals surface area (Å²) >= 11 is 0. The van der Waals surface area contributed by atoms with Gasteiger partial charge in [-0.25, -0.2) is 0 Å². The average Bonchev–Trinajstić information content (AvgIpc) is 3.10. The highest BCUT2D eigenvalue weighted by atomic mass is 16.5. The summed E-state index contributed by atoms with van der Waals surface area (Å²) in [5, 5.41) is 1.18. The minimum atomic E-state index is 0.477. The maximum Gasteiger partial charge on any atom is 0.134 e. The molecule has 0 unspecified atom stereocenters. The monoisotopic (exact) mass is 231 g/mol. The van der Waals surface area contributed by atoms with Crippen LogP contribution in [0.4, 0.5) is 0 Å². The molecule has 3 heteroatoms. The van der Waals surface area contributed by atoms with Crippen molar-refractivity contribution in [1.82, 2.24) is 0 Å². The Labute approximate surface area is 101 Å². The van der Waals surface area contributed by atoms with E-state index < -0.39 is 0 Å². The molecule has 90 valence electrons. The molecule has 0 spiro atoms. The molecular weight excluding hydrogens is 214 g/mol. The quantitative estimate of drug-likeness (QED) is 0.879. The van der Waals surface area contributed by atoms with Gasteiger partial charge >= 0.3 is 0 Å². The van der Waals surface area contributed by atoms with Crippen LogP contribution >= 0.6 is 0 Å². The fourth-order valence-electron chi connectivity index (χ4n) is 2.37. The van der Waals surface area contributed by atoms with Crippen LogP contribution in [0.15, 0.2) is 22.6 Å². The van der Waals surface area contributed by atoms with Crippen molar-refractivity contribution < 1.29 is 9.15 Å².